The lowest BCUT2D eigenvalue weighted by atomic mass is 10.2. The number of amides is 1. The first-order valence-corrected chi connectivity index (χ1v) is 6.58. The van der Waals surface area contributed by atoms with Gasteiger partial charge in [0, 0.05) is 28.6 Å². The van der Waals surface area contributed by atoms with E-state index in [1.807, 2.05) is 0 Å². The van der Waals surface area contributed by atoms with Gasteiger partial charge < -0.3 is 15.8 Å². The number of nitrogens with zero attached hydrogens (tertiary/aromatic N) is 2. The summed E-state index contributed by atoms with van der Waals surface area (Å²) in [6.07, 6.45) is 0.315. The maximum atomic E-state index is 12.1. The number of rotatable bonds is 4. The minimum absolute atomic E-state index is 0.0930. The number of carbonyl (C=O) groups is 1. The Hall–Kier alpha value is -1.02. The Morgan fingerprint density at radius 3 is 2.89 bits per heavy atom. The monoisotopic (exact) mass is 381 g/mol. The van der Waals surface area contributed by atoms with Crippen molar-refractivity contribution in [3.05, 3.63) is 32.4 Å². The zero-order chi connectivity index (χ0) is 13.7. The summed E-state index contributed by atoms with van der Waals surface area (Å²) >= 11 is 7.95. The number of benzene rings is 1. The molecule has 0 bridgehead atoms. The van der Waals surface area contributed by atoms with Crippen molar-refractivity contribution in [2.45, 2.75) is 6.42 Å². The smallest absolute Gasteiger partial charge is 0.254 e. The molecule has 0 aliphatic heterocycles. The Morgan fingerprint density at radius 2 is 2.28 bits per heavy atom. The third-order valence-electron chi connectivity index (χ3n) is 2.34. The van der Waals surface area contributed by atoms with E-state index in [4.69, 9.17) is 22.5 Å². The maximum absolute atomic E-state index is 12.1. The lowest BCUT2D eigenvalue weighted by Gasteiger charge is -2.17. The predicted octanol–water partition coefficient (Wildman–Crippen LogP) is 2.15. The normalized spacial score (nSPS) is 11.4. The van der Waals surface area contributed by atoms with E-state index in [9.17, 15) is 4.79 Å². The van der Waals surface area contributed by atoms with Crippen molar-refractivity contribution < 1.29 is 10.0 Å². The molecule has 0 saturated carbocycles. The molecule has 0 aliphatic rings. The molecule has 0 atom stereocenters. The van der Waals surface area contributed by atoms with Gasteiger partial charge in [0.1, 0.15) is 5.84 Å². The Labute approximate surface area is 124 Å². The van der Waals surface area contributed by atoms with Gasteiger partial charge in [0.05, 0.1) is 5.56 Å². The zero-order valence-electron chi connectivity index (χ0n) is 9.73. The largest absolute Gasteiger partial charge is 0.409 e. The molecule has 1 aromatic carbocycles. The van der Waals surface area contributed by atoms with Crippen LogP contribution in [-0.2, 0) is 0 Å². The van der Waals surface area contributed by atoms with Crippen molar-refractivity contribution in [1.82, 2.24) is 4.90 Å². The molecule has 0 unspecified atom stereocenters. The van der Waals surface area contributed by atoms with Gasteiger partial charge in [-0.3, -0.25) is 4.79 Å². The van der Waals surface area contributed by atoms with Gasteiger partial charge in [0.25, 0.3) is 5.91 Å². The fourth-order valence-corrected chi connectivity index (χ4v) is 2.04. The number of oxime groups is 1. The maximum Gasteiger partial charge on any atom is 0.254 e. The molecule has 0 spiro atoms. The first kappa shape index (κ1) is 15.0. The molecule has 3 N–H and O–H groups in total. The molecule has 0 heterocycles. The molecule has 0 fully saturated rings. The van der Waals surface area contributed by atoms with E-state index < -0.39 is 0 Å². The molecular formula is C11H13ClIN3O2. The third kappa shape index (κ3) is 4.02. The van der Waals surface area contributed by atoms with Crippen LogP contribution in [0, 0.1) is 3.57 Å². The summed E-state index contributed by atoms with van der Waals surface area (Å²) in [4.78, 5) is 13.6. The lowest BCUT2D eigenvalue weighted by molar-refractivity contribution is 0.0797. The van der Waals surface area contributed by atoms with Gasteiger partial charge in [-0.15, -0.1) is 0 Å². The Balaban J connectivity index is 2.77. The van der Waals surface area contributed by atoms with Crippen LogP contribution in [-0.4, -0.2) is 35.4 Å². The van der Waals surface area contributed by atoms with Crippen molar-refractivity contribution >= 4 is 45.9 Å². The van der Waals surface area contributed by atoms with Crippen LogP contribution in [0.3, 0.4) is 0 Å². The molecule has 5 nitrogen and oxygen atoms in total. The van der Waals surface area contributed by atoms with Crippen LogP contribution < -0.4 is 5.73 Å². The molecule has 0 aliphatic carbocycles. The van der Waals surface area contributed by atoms with Gasteiger partial charge in [-0.25, -0.2) is 0 Å². The number of hydrogen-bond donors (Lipinski definition) is 2. The Morgan fingerprint density at radius 1 is 1.61 bits per heavy atom. The highest BCUT2D eigenvalue weighted by Crippen LogP contribution is 2.19. The number of halogens is 2. The predicted molar refractivity (Wildman–Crippen MR) is 79.2 cm³/mol. The van der Waals surface area contributed by atoms with Gasteiger partial charge in [-0.2, -0.15) is 0 Å². The van der Waals surface area contributed by atoms with Crippen LogP contribution in [0.2, 0.25) is 5.02 Å². The van der Waals surface area contributed by atoms with Gasteiger partial charge in [-0.1, -0.05) is 16.8 Å². The average Bonchev–Trinajstić information content (AvgIpc) is 2.37. The van der Waals surface area contributed by atoms with E-state index in [0.29, 0.717) is 23.6 Å². The molecule has 0 radical (unpaired) electrons. The van der Waals surface area contributed by atoms with Crippen LogP contribution in [0.4, 0.5) is 0 Å². The Kier molecular flexibility index (Phi) is 5.67. The summed E-state index contributed by atoms with van der Waals surface area (Å²) < 4.78 is 0.831. The standard InChI is InChI=1S/C11H13ClIN3O2/c1-16(5-4-10(14)15-18)11(17)8-6-7(12)2-3-9(8)13/h2-3,6,18H,4-5H2,1H3,(H2,14,15). The zero-order valence-corrected chi connectivity index (χ0v) is 12.6. The van der Waals surface area contributed by atoms with E-state index >= 15 is 0 Å². The van der Waals surface area contributed by atoms with Crippen molar-refractivity contribution in [2.75, 3.05) is 13.6 Å². The van der Waals surface area contributed by atoms with E-state index in [1.54, 1.807) is 25.2 Å². The van der Waals surface area contributed by atoms with Crippen LogP contribution in [0.1, 0.15) is 16.8 Å². The highest BCUT2D eigenvalue weighted by molar-refractivity contribution is 14.1. The number of nitrogens with two attached hydrogens (primary N) is 1. The van der Waals surface area contributed by atoms with Crippen LogP contribution in [0.5, 0.6) is 0 Å². The lowest BCUT2D eigenvalue weighted by Crippen LogP contribution is -2.31. The highest BCUT2D eigenvalue weighted by Gasteiger charge is 2.15. The molecule has 0 saturated heterocycles. The van der Waals surface area contributed by atoms with E-state index in [-0.39, 0.29) is 11.7 Å². The van der Waals surface area contributed by atoms with E-state index in [0.717, 1.165) is 3.57 Å². The fraction of sp³-hybridized carbons (Fsp3) is 0.273. The second-order valence-corrected chi connectivity index (χ2v) is 5.29. The van der Waals surface area contributed by atoms with Crippen LogP contribution in [0.15, 0.2) is 23.4 Å². The molecular weight excluding hydrogens is 368 g/mol. The molecule has 0 aromatic heterocycles. The molecule has 1 amide bonds. The third-order valence-corrected chi connectivity index (χ3v) is 3.51. The summed E-state index contributed by atoms with van der Waals surface area (Å²) in [7, 11) is 1.66. The first-order valence-electron chi connectivity index (χ1n) is 5.12. The minimum Gasteiger partial charge on any atom is -0.409 e. The topological polar surface area (TPSA) is 78.9 Å². The van der Waals surface area contributed by atoms with E-state index in [2.05, 4.69) is 27.7 Å². The van der Waals surface area contributed by atoms with Crippen molar-refractivity contribution in [2.24, 2.45) is 10.9 Å². The van der Waals surface area contributed by atoms with Gasteiger partial charge in [0.2, 0.25) is 0 Å². The summed E-state index contributed by atoms with van der Waals surface area (Å²) in [6, 6.07) is 5.15. The second kappa shape index (κ2) is 6.79. The Bertz CT molecular complexity index is 479. The average molecular weight is 382 g/mol. The first-order chi connectivity index (χ1) is 8.45. The van der Waals surface area contributed by atoms with Gasteiger partial charge in [-0.05, 0) is 40.8 Å². The number of amidine groups is 1. The molecule has 1 rings (SSSR count). The van der Waals surface area contributed by atoms with Crippen molar-refractivity contribution in [3.63, 3.8) is 0 Å². The molecule has 18 heavy (non-hydrogen) atoms. The van der Waals surface area contributed by atoms with Crippen LogP contribution in [0.25, 0.3) is 0 Å². The van der Waals surface area contributed by atoms with Gasteiger partial charge in [0.15, 0.2) is 0 Å². The fourth-order valence-electron chi connectivity index (χ4n) is 1.30. The highest BCUT2D eigenvalue weighted by atomic mass is 127. The molecule has 1 aromatic rings. The number of carbonyl (C=O) groups excluding carboxylic acids is 1. The van der Waals surface area contributed by atoms with Crippen molar-refractivity contribution in [1.29, 1.82) is 0 Å². The van der Waals surface area contributed by atoms with E-state index in [1.165, 1.54) is 4.90 Å². The quantitative estimate of drug-likeness (QED) is 0.276. The second-order valence-electron chi connectivity index (χ2n) is 3.69. The summed E-state index contributed by atoms with van der Waals surface area (Å²) in [5.74, 6) is -0.0527. The van der Waals surface area contributed by atoms with Crippen LogP contribution >= 0.6 is 34.2 Å². The SMILES string of the molecule is CN(CC/C(N)=N/O)C(=O)c1cc(Cl)ccc1I. The molecule has 98 valence electrons. The minimum atomic E-state index is -0.146. The van der Waals surface area contributed by atoms with Gasteiger partial charge >= 0.3 is 0 Å². The number of hydrogen-bond acceptors (Lipinski definition) is 3. The molecule has 7 heteroatoms. The van der Waals surface area contributed by atoms with Crippen molar-refractivity contribution in [3.8, 4) is 0 Å². The summed E-state index contributed by atoms with van der Waals surface area (Å²) in [5, 5.41) is 11.8. The summed E-state index contributed by atoms with van der Waals surface area (Å²) in [6.45, 7) is 0.372. The summed E-state index contributed by atoms with van der Waals surface area (Å²) in [5.41, 5.74) is 5.90.